The van der Waals surface area contributed by atoms with Gasteiger partial charge in [0, 0.05) is 10.7 Å². The largest absolute Gasteiger partial charge is 0.495 e. The molecular weight excluding hydrogens is 436 g/mol. The molecule has 162 valence electrons. The number of hydrogen-bond acceptors (Lipinski definition) is 4. The van der Waals surface area contributed by atoms with Crippen molar-refractivity contribution in [2.75, 3.05) is 12.4 Å². The molecule has 0 aromatic heterocycles. The van der Waals surface area contributed by atoms with Gasteiger partial charge in [-0.2, -0.15) is 4.72 Å². The summed E-state index contributed by atoms with van der Waals surface area (Å²) in [5.74, 6) is -0.339. The van der Waals surface area contributed by atoms with Crippen molar-refractivity contribution in [2.24, 2.45) is 0 Å². The Hall–Kier alpha value is -2.87. The summed E-state index contributed by atoms with van der Waals surface area (Å²) < 4.78 is 34.0. The molecule has 1 atom stereocenters. The topological polar surface area (TPSA) is 84.5 Å². The Morgan fingerprint density at radius 2 is 1.77 bits per heavy atom. The molecule has 0 spiro atoms. The molecule has 0 saturated heterocycles. The molecule has 6 nitrogen and oxygen atoms in total. The molecule has 0 saturated carbocycles. The lowest BCUT2D eigenvalue weighted by atomic mass is 10.1. The van der Waals surface area contributed by atoms with Gasteiger partial charge in [0.1, 0.15) is 16.7 Å². The molecule has 8 heteroatoms. The van der Waals surface area contributed by atoms with Crippen LogP contribution in [0, 0.1) is 6.92 Å². The Morgan fingerprint density at radius 1 is 1.03 bits per heavy atom. The minimum atomic E-state index is -4.11. The number of hydrogen-bond donors (Lipinski definition) is 2. The predicted molar refractivity (Wildman–Crippen MR) is 122 cm³/mol. The maximum absolute atomic E-state index is 13.1. The average molecular weight is 459 g/mol. The van der Waals surface area contributed by atoms with Crippen molar-refractivity contribution in [1.29, 1.82) is 0 Å². The zero-order chi connectivity index (χ0) is 22.4. The number of amides is 1. The quantitative estimate of drug-likeness (QED) is 0.530. The molecule has 0 aliphatic carbocycles. The van der Waals surface area contributed by atoms with Crippen LogP contribution in [0.15, 0.2) is 77.7 Å². The summed E-state index contributed by atoms with van der Waals surface area (Å²) in [6, 6.07) is 19.7. The number of carbonyl (C=O) groups is 1. The first-order chi connectivity index (χ1) is 14.8. The normalized spacial score (nSPS) is 12.2. The van der Waals surface area contributed by atoms with E-state index in [1.807, 2.05) is 55.5 Å². The van der Waals surface area contributed by atoms with E-state index in [1.54, 1.807) is 6.07 Å². The number of aryl methyl sites for hydroxylation is 1. The van der Waals surface area contributed by atoms with E-state index in [0.29, 0.717) is 5.69 Å². The van der Waals surface area contributed by atoms with Crippen molar-refractivity contribution in [1.82, 2.24) is 4.72 Å². The van der Waals surface area contributed by atoms with E-state index in [4.69, 9.17) is 16.3 Å². The van der Waals surface area contributed by atoms with Crippen LogP contribution in [0.4, 0.5) is 5.69 Å². The summed E-state index contributed by atoms with van der Waals surface area (Å²) in [6.45, 7) is 1.91. The smallest absolute Gasteiger partial charge is 0.245 e. The molecule has 0 heterocycles. The molecule has 1 amide bonds. The molecule has 0 fully saturated rings. The molecule has 0 radical (unpaired) electrons. The van der Waals surface area contributed by atoms with E-state index in [0.717, 1.165) is 11.1 Å². The lowest BCUT2D eigenvalue weighted by Crippen LogP contribution is -2.45. The van der Waals surface area contributed by atoms with Crippen LogP contribution in [0.25, 0.3) is 0 Å². The summed E-state index contributed by atoms with van der Waals surface area (Å²) >= 11 is 6.00. The third-order valence-corrected chi connectivity index (χ3v) is 6.33. The Morgan fingerprint density at radius 3 is 2.45 bits per heavy atom. The monoisotopic (exact) mass is 458 g/mol. The Bertz CT molecular complexity index is 1170. The number of anilines is 1. The van der Waals surface area contributed by atoms with Crippen LogP contribution in [0.5, 0.6) is 5.75 Å². The van der Waals surface area contributed by atoms with Gasteiger partial charge in [-0.3, -0.25) is 4.79 Å². The van der Waals surface area contributed by atoms with Crippen LogP contribution < -0.4 is 14.8 Å². The molecule has 0 aliphatic rings. The predicted octanol–water partition coefficient (Wildman–Crippen LogP) is 4.19. The van der Waals surface area contributed by atoms with Crippen molar-refractivity contribution in [2.45, 2.75) is 24.3 Å². The van der Waals surface area contributed by atoms with Crippen LogP contribution in [-0.2, 0) is 21.2 Å². The second-order valence-corrected chi connectivity index (χ2v) is 9.14. The highest BCUT2D eigenvalue weighted by atomic mass is 35.5. The summed E-state index contributed by atoms with van der Waals surface area (Å²) in [6.07, 6.45) is 0.167. The minimum absolute atomic E-state index is 0.134. The summed E-state index contributed by atoms with van der Waals surface area (Å²) in [7, 11) is -2.74. The lowest BCUT2D eigenvalue weighted by Gasteiger charge is -2.20. The number of nitrogens with one attached hydrogen (secondary N) is 2. The van der Waals surface area contributed by atoms with Crippen LogP contribution in [0.2, 0.25) is 5.02 Å². The van der Waals surface area contributed by atoms with Crippen molar-refractivity contribution in [3.05, 3.63) is 88.9 Å². The first-order valence-electron chi connectivity index (χ1n) is 9.56. The second kappa shape index (κ2) is 9.96. The van der Waals surface area contributed by atoms with Crippen LogP contribution in [0.1, 0.15) is 11.1 Å². The number of rotatable bonds is 8. The zero-order valence-electron chi connectivity index (χ0n) is 17.1. The van der Waals surface area contributed by atoms with Gasteiger partial charge < -0.3 is 10.1 Å². The Labute approximate surface area is 187 Å². The first-order valence-corrected chi connectivity index (χ1v) is 11.4. The molecular formula is C23H23ClN2O4S. The van der Waals surface area contributed by atoms with Gasteiger partial charge in [-0.15, -0.1) is 0 Å². The molecule has 3 rings (SSSR count). The highest BCUT2D eigenvalue weighted by molar-refractivity contribution is 7.89. The van der Waals surface area contributed by atoms with E-state index in [9.17, 15) is 13.2 Å². The fourth-order valence-corrected chi connectivity index (χ4v) is 4.73. The van der Waals surface area contributed by atoms with E-state index in [2.05, 4.69) is 10.0 Å². The van der Waals surface area contributed by atoms with Crippen molar-refractivity contribution < 1.29 is 17.9 Å². The summed E-state index contributed by atoms with van der Waals surface area (Å²) in [4.78, 5) is 12.9. The molecule has 2 N–H and O–H groups in total. The standard InChI is InChI=1S/C23H23ClN2O4S/c1-16-7-6-10-19(13-16)25-23(27)20(14-17-8-4-3-5-9-17)26-31(28,29)22-15-18(24)11-12-21(22)30-2/h3-13,15,20,26H,14H2,1-2H3,(H,25,27)/t20-/m0/s1. The number of sulfonamides is 1. The van der Waals surface area contributed by atoms with Gasteiger partial charge in [0.2, 0.25) is 15.9 Å². The van der Waals surface area contributed by atoms with Crippen molar-refractivity contribution >= 4 is 33.2 Å². The Balaban J connectivity index is 1.92. The molecule has 0 bridgehead atoms. The first kappa shape index (κ1) is 22.8. The number of ether oxygens (including phenoxy) is 1. The molecule has 31 heavy (non-hydrogen) atoms. The average Bonchev–Trinajstić information content (AvgIpc) is 2.74. The summed E-state index contributed by atoms with van der Waals surface area (Å²) in [5.41, 5.74) is 2.37. The SMILES string of the molecule is COc1ccc(Cl)cc1S(=O)(=O)N[C@@H](Cc1ccccc1)C(=O)Nc1cccc(C)c1. The Kier molecular flexibility index (Phi) is 7.33. The fraction of sp³-hybridized carbons (Fsp3) is 0.174. The van der Waals surface area contributed by atoms with Crippen molar-refractivity contribution in [3.63, 3.8) is 0 Å². The van der Waals surface area contributed by atoms with E-state index >= 15 is 0 Å². The number of benzene rings is 3. The van der Waals surface area contributed by atoms with Gasteiger partial charge >= 0.3 is 0 Å². The van der Waals surface area contributed by atoms with Crippen LogP contribution in [0.3, 0.4) is 0 Å². The minimum Gasteiger partial charge on any atom is -0.495 e. The van der Waals surface area contributed by atoms with Crippen LogP contribution in [-0.4, -0.2) is 27.5 Å². The number of methoxy groups -OCH3 is 1. The fourth-order valence-electron chi connectivity index (χ4n) is 3.10. The van der Waals surface area contributed by atoms with Gasteiger partial charge in [-0.1, -0.05) is 54.1 Å². The van der Waals surface area contributed by atoms with Gasteiger partial charge in [0.05, 0.1) is 7.11 Å². The van der Waals surface area contributed by atoms with Gasteiger partial charge in [-0.05, 0) is 54.8 Å². The third-order valence-electron chi connectivity index (χ3n) is 4.60. The van der Waals surface area contributed by atoms with E-state index in [-0.39, 0.29) is 22.1 Å². The number of halogens is 1. The maximum Gasteiger partial charge on any atom is 0.245 e. The third kappa shape index (κ3) is 6.07. The van der Waals surface area contributed by atoms with Gasteiger partial charge in [-0.25, -0.2) is 8.42 Å². The van der Waals surface area contributed by atoms with Crippen molar-refractivity contribution in [3.8, 4) is 5.75 Å². The molecule has 0 aliphatic heterocycles. The van der Waals surface area contributed by atoms with Crippen LogP contribution >= 0.6 is 11.6 Å². The second-order valence-electron chi connectivity index (χ2n) is 7.02. The highest BCUT2D eigenvalue weighted by Gasteiger charge is 2.28. The molecule has 0 unspecified atom stereocenters. The van der Waals surface area contributed by atoms with E-state index < -0.39 is 22.0 Å². The van der Waals surface area contributed by atoms with Gasteiger partial charge in [0.15, 0.2) is 0 Å². The maximum atomic E-state index is 13.1. The van der Waals surface area contributed by atoms with E-state index in [1.165, 1.54) is 25.3 Å². The lowest BCUT2D eigenvalue weighted by molar-refractivity contribution is -0.117. The molecule has 3 aromatic rings. The van der Waals surface area contributed by atoms with Gasteiger partial charge in [0.25, 0.3) is 0 Å². The number of carbonyl (C=O) groups excluding carboxylic acids is 1. The zero-order valence-corrected chi connectivity index (χ0v) is 18.7. The molecule has 3 aromatic carbocycles. The summed E-state index contributed by atoms with van der Waals surface area (Å²) in [5, 5.41) is 3.03. The highest BCUT2D eigenvalue weighted by Crippen LogP contribution is 2.27.